The van der Waals surface area contributed by atoms with Gasteiger partial charge in [-0.2, -0.15) is 4.79 Å². The number of nitrogens with one attached hydrogen (secondary N) is 1. The lowest BCUT2D eigenvalue weighted by molar-refractivity contribution is -0.795. The van der Waals surface area contributed by atoms with Crippen LogP contribution in [0.25, 0.3) is 0 Å². The van der Waals surface area contributed by atoms with E-state index in [1.54, 1.807) is 21.1 Å². The fourth-order valence-corrected chi connectivity index (χ4v) is 1.11. The molecule has 0 atom stereocenters. The Bertz CT molecular complexity index is 352. The normalized spacial score (nSPS) is 11.0. The Hall–Kier alpha value is -1.55. The first kappa shape index (κ1) is 12.5. The lowest BCUT2D eigenvalue weighted by Crippen LogP contribution is -2.41. The molecular weight excluding hydrogens is 204 g/mol. The standard InChI is InChI=1S/C12H19N2O2/c1-13-11-7-5-10(6-8-11)9-16-12(15)14(2,3)4/h5-8,13H,9H2,1-4H3/q+1. The maximum Gasteiger partial charge on any atom is 0.515 e. The summed E-state index contributed by atoms with van der Waals surface area (Å²) in [5.74, 6) is 0. The Morgan fingerprint density at radius 2 is 1.81 bits per heavy atom. The molecule has 0 saturated carbocycles. The maximum atomic E-state index is 11.5. The Morgan fingerprint density at radius 3 is 2.25 bits per heavy atom. The summed E-state index contributed by atoms with van der Waals surface area (Å²) >= 11 is 0. The van der Waals surface area contributed by atoms with Crippen molar-refractivity contribution in [1.82, 2.24) is 0 Å². The van der Waals surface area contributed by atoms with E-state index >= 15 is 0 Å². The van der Waals surface area contributed by atoms with E-state index in [0.29, 0.717) is 6.61 Å². The molecule has 1 aromatic carbocycles. The van der Waals surface area contributed by atoms with Gasteiger partial charge in [0.05, 0.1) is 21.1 Å². The zero-order valence-corrected chi connectivity index (χ0v) is 10.3. The second-order valence-electron chi connectivity index (χ2n) is 4.51. The number of hydrogen-bond acceptors (Lipinski definition) is 3. The molecule has 0 bridgehead atoms. The summed E-state index contributed by atoms with van der Waals surface area (Å²) in [5.41, 5.74) is 2.03. The monoisotopic (exact) mass is 223 g/mol. The van der Waals surface area contributed by atoms with Gasteiger partial charge < -0.3 is 10.1 Å². The highest BCUT2D eigenvalue weighted by atomic mass is 16.6. The van der Waals surface area contributed by atoms with Crippen LogP contribution in [-0.4, -0.2) is 38.8 Å². The Balaban J connectivity index is 2.52. The minimum atomic E-state index is -0.238. The van der Waals surface area contributed by atoms with Crippen LogP contribution >= 0.6 is 0 Å². The van der Waals surface area contributed by atoms with Crippen LogP contribution in [0, 0.1) is 0 Å². The van der Waals surface area contributed by atoms with Gasteiger partial charge >= 0.3 is 6.09 Å². The molecule has 0 unspecified atom stereocenters. The molecule has 0 heterocycles. The molecule has 0 radical (unpaired) electrons. The molecule has 88 valence electrons. The SMILES string of the molecule is CNc1ccc(COC(=O)[N+](C)(C)C)cc1. The molecule has 1 aromatic rings. The molecule has 4 nitrogen and oxygen atoms in total. The van der Waals surface area contributed by atoms with Gasteiger partial charge in [-0.05, 0) is 17.7 Å². The van der Waals surface area contributed by atoms with E-state index in [9.17, 15) is 4.79 Å². The van der Waals surface area contributed by atoms with Crippen LogP contribution in [0.1, 0.15) is 5.56 Å². The third-order valence-corrected chi connectivity index (χ3v) is 2.15. The van der Waals surface area contributed by atoms with Gasteiger partial charge in [-0.3, -0.25) is 0 Å². The van der Waals surface area contributed by atoms with E-state index in [-0.39, 0.29) is 10.6 Å². The van der Waals surface area contributed by atoms with Crippen LogP contribution in [-0.2, 0) is 11.3 Å². The summed E-state index contributed by atoms with van der Waals surface area (Å²) in [6, 6.07) is 7.79. The Labute approximate surface area is 96.4 Å². The van der Waals surface area contributed by atoms with Gasteiger partial charge in [-0.1, -0.05) is 12.1 Å². The number of carbonyl (C=O) groups is 1. The number of benzene rings is 1. The van der Waals surface area contributed by atoms with E-state index in [4.69, 9.17) is 4.74 Å². The second kappa shape index (κ2) is 4.99. The minimum Gasteiger partial charge on any atom is -0.415 e. The molecule has 0 aromatic heterocycles. The largest absolute Gasteiger partial charge is 0.515 e. The molecule has 1 amide bonds. The van der Waals surface area contributed by atoms with Crippen LogP contribution in [0.2, 0.25) is 0 Å². The topological polar surface area (TPSA) is 38.3 Å². The number of quaternary nitrogens is 1. The Kier molecular flexibility index (Phi) is 3.90. The van der Waals surface area contributed by atoms with E-state index in [1.807, 2.05) is 31.3 Å². The highest BCUT2D eigenvalue weighted by Gasteiger charge is 2.22. The predicted octanol–water partition coefficient (Wildman–Crippen LogP) is 2.07. The molecule has 0 aliphatic rings. The van der Waals surface area contributed by atoms with E-state index in [0.717, 1.165) is 11.3 Å². The second-order valence-corrected chi connectivity index (χ2v) is 4.51. The molecule has 0 fully saturated rings. The van der Waals surface area contributed by atoms with Crippen molar-refractivity contribution in [3.05, 3.63) is 29.8 Å². The fourth-order valence-electron chi connectivity index (χ4n) is 1.11. The molecule has 0 aliphatic heterocycles. The lowest BCUT2D eigenvalue weighted by atomic mass is 10.2. The van der Waals surface area contributed by atoms with Crippen molar-refractivity contribution in [1.29, 1.82) is 0 Å². The number of anilines is 1. The summed E-state index contributed by atoms with van der Waals surface area (Å²) in [7, 11) is 7.22. The van der Waals surface area contributed by atoms with Crippen molar-refractivity contribution >= 4 is 11.8 Å². The van der Waals surface area contributed by atoms with Crippen LogP contribution in [0.15, 0.2) is 24.3 Å². The summed E-state index contributed by atoms with van der Waals surface area (Å²) < 4.78 is 5.35. The van der Waals surface area contributed by atoms with Crippen molar-refractivity contribution in [2.75, 3.05) is 33.5 Å². The third kappa shape index (κ3) is 3.55. The first-order chi connectivity index (χ1) is 7.43. The number of carbonyl (C=O) groups excluding carboxylic acids is 1. The van der Waals surface area contributed by atoms with Crippen molar-refractivity contribution < 1.29 is 14.0 Å². The number of ether oxygens (including phenoxy) is 1. The van der Waals surface area contributed by atoms with Crippen molar-refractivity contribution in [3.8, 4) is 0 Å². The van der Waals surface area contributed by atoms with Gasteiger partial charge in [0.15, 0.2) is 0 Å². The van der Waals surface area contributed by atoms with Gasteiger partial charge in [0.1, 0.15) is 6.61 Å². The predicted molar refractivity (Wildman–Crippen MR) is 64.2 cm³/mol. The summed E-state index contributed by atoms with van der Waals surface area (Å²) in [6.45, 7) is 0.318. The lowest BCUT2D eigenvalue weighted by Gasteiger charge is -2.19. The van der Waals surface area contributed by atoms with Crippen molar-refractivity contribution in [3.63, 3.8) is 0 Å². The first-order valence-corrected chi connectivity index (χ1v) is 5.19. The molecule has 16 heavy (non-hydrogen) atoms. The van der Waals surface area contributed by atoms with Gasteiger partial charge in [0.2, 0.25) is 0 Å². The van der Waals surface area contributed by atoms with Crippen molar-refractivity contribution in [2.24, 2.45) is 0 Å². The molecule has 1 rings (SSSR count). The smallest absolute Gasteiger partial charge is 0.415 e. The van der Waals surface area contributed by atoms with Gasteiger partial charge in [-0.25, -0.2) is 4.48 Å². The van der Waals surface area contributed by atoms with Crippen LogP contribution in [0.3, 0.4) is 0 Å². The number of nitrogens with zero attached hydrogens (tertiary/aromatic N) is 1. The first-order valence-electron chi connectivity index (χ1n) is 5.19. The van der Waals surface area contributed by atoms with Gasteiger partial charge in [0.25, 0.3) is 0 Å². The van der Waals surface area contributed by atoms with E-state index < -0.39 is 0 Å². The number of hydrogen-bond donors (Lipinski definition) is 1. The number of rotatable bonds is 3. The quantitative estimate of drug-likeness (QED) is 0.797. The fraction of sp³-hybridized carbons (Fsp3) is 0.417. The van der Waals surface area contributed by atoms with Gasteiger partial charge in [-0.15, -0.1) is 0 Å². The summed E-state index contributed by atoms with van der Waals surface area (Å²) in [6.07, 6.45) is -0.238. The molecule has 0 aliphatic carbocycles. The van der Waals surface area contributed by atoms with E-state index in [2.05, 4.69) is 5.32 Å². The highest BCUT2D eigenvalue weighted by molar-refractivity contribution is 5.59. The third-order valence-electron chi connectivity index (χ3n) is 2.15. The minimum absolute atomic E-state index is 0.175. The number of amides is 1. The Morgan fingerprint density at radius 1 is 1.25 bits per heavy atom. The molecule has 4 heteroatoms. The van der Waals surface area contributed by atoms with Crippen LogP contribution < -0.4 is 5.32 Å². The van der Waals surface area contributed by atoms with Crippen LogP contribution in [0.5, 0.6) is 0 Å². The molecule has 0 saturated heterocycles. The summed E-state index contributed by atoms with van der Waals surface area (Å²) in [4.78, 5) is 11.5. The highest BCUT2D eigenvalue weighted by Crippen LogP contribution is 2.10. The zero-order chi connectivity index (χ0) is 12.2. The molecular formula is C12H19N2O2+. The van der Waals surface area contributed by atoms with Crippen molar-refractivity contribution in [2.45, 2.75) is 6.61 Å². The zero-order valence-electron chi connectivity index (χ0n) is 10.3. The maximum absolute atomic E-state index is 11.5. The summed E-state index contributed by atoms with van der Waals surface area (Å²) in [5, 5.41) is 3.03. The average molecular weight is 223 g/mol. The van der Waals surface area contributed by atoms with E-state index in [1.165, 1.54) is 0 Å². The average Bonchev–Trinajstić information content (AvgIpc) is 2.25. The molecule has 1 N–H and O–H groups in total. The van der Waals surface area contributed by atoms with Gasteiger partial charge in [0, 0.05) is 12.7 Å². The van der Waals surface area contributed by atoms with Crippen LogP contribution in [0.4, 0.5) is 10.5 Å². The molecule has 0 spiro atoms.